The summed E-state index contributed by atoms with van der Waals surface area (Å²) in [5.41, 5.74) is 2.31. The van der Waals surface area contributed by atoms with Crippen LogP contribution in [-0.2, 0) is 17.8 Å². The number of amides is 1. The number of ether oxygens (including phenoxy) is 1. The number of hydrogen-bond donors (Lipinski definition) is 3. The van der Waals surface area contributed by atoms with Crippen LogP contribution in [-0.4, -0.2) is 40.5 Å². The fourth-order valence-corrected chi connectivity index (χ4v) is 2.17. The minimum atomic E-state index is -0.461. The number of H-pyrrole nitrogens is 1. The zero-order valence-electron chi connectivity index (χ0n) is 13.3. The molecule has 6 nitrogen and oxygen atoms in total. The molecule has 1 aromatic carbocycles. The van der Waals surface area contributed by atoms with Crippen LogP contribution in [0.25, 0.3) is 0 Å². The molecule has 0 saturated carbocycles. The zero-order chi connectivity index (χ0) is 16.5. The normalized spacial score (nSPS) is 12.1. The lowest BCUT2D eigenvalue weighted by atomic mass is 10.2. The molecular formula is C17H23N3O3. The molecule has 2 rings (SSSR count). The highest BCUT2D eigenvalue weighted by Gasteiger charge is 2.15. The van der Waals surface area contributed by atoms with E-state index in [-0.39, 0.29) is 19.1 Å². The van der Waals surface area contributed by atoms with Crippen LogP contribution < -0.4 is 5.32 Å². The van der Waals surface area contributed by atoms with E-state index in [0.29, 0.717) is 12.3 Å². The van der Waals surface area contributed by atoms with Crippen molar-refractivity contribution in [2.75, 3.05) is 13.2 Å². The predicted molar refractivity (Wildman–Crippen MR) is 87.0 cm³/mol. The zero-order valence-corrected chi connectivity index (χ0v) is 13.3. The molecule has 1 amide bonds. The number of carbonyl (C=O) groups is 1. The first-order valence-corrected chi connectivity index (χ1v) is 7.80. The lowest BCUT2D eigenvalue weighted by Crippen LogP contribution is -2.41. The molecule has 0 aliphatic carbocycles. The topological polar surface area (TPSA) is 87.2 Å². The van der Waals surface area contributed by atoms with E-state index in [9.17, 15) is 9.90 Å². The second-order valence-corrected chi connectivity index (χ2v) is 5.38. The number of nitrogens with one attached hydrogen (secondary N) is 2. The summed E-state index contributed by atoms with van der Waals surface area (Å²) < 4.78 is 5.55. The van der Waals surface area contributed by atoms with Crippen molar-refractivity contribution in [1.29, 1.82) is 0 Å². The van der Waals surface area contributed by atoms with Gasteiger partial charge in [0.1, 0.15) is 5.69 Å². The number of aliphatic hydroxyl groups excluding tert-OH is 1. The third-order valence-corrected chi connectivity index (χ3v) is 3.37. The van der Waals surface area contributed by atoms with Gasteiger partial charge in [-0.1, -0.05) is 43.7 Å². The van der Waals surface area contributed by atoms with E-state index in [0.717, 1.165) is 24.1 Å². The maximum absolute atomic E-state index is 12.1. The van der Waals surface area contributed by atoms with Crippen LogP contribution in [0.15, 0.2) is 36.4 Å². The van der Waals surface area contributed by atoms with Crippen molar-refractivity contribution in [3.05, 3.63) is 53.3 Å². The van der Waals surface area contributed by atoms with Crippen molar-refractivity contribution in [1.82, 2.24) is 15.5 Å². The standard InChI is InChI=1S/C17H23N3O3/c1-2-6-14-9-16(20-19-14)17(22)18-15(10-21)12-23-11-13-7-4-3-5-8-13/h3-5,7-9,15,21H,2,6,10-12H2,1H3,(H,18,22)(H,19,20). The SMILES string of the molecule is CCCc1cc(C(=O)NC(CO)COCc2ccccc2)n[nH]1. The molecule has 0 bridgehead atoms. The fourth-order valence-electron chi connectivity index (χ4n) is 2.17. The number of aliphatic hydroxyl groups is 1. The monoisotopic (exact) mass is 317 g/mol. The van der Waals surface area contributed by atoms with Crippen LogP contribution in [0.1, 0.15) is 35.1 Å². The number of carbonyl (C=O) groups excluding carboxylic acids is 1. The van der Waals surface area contributed by atoms with Crippen LogP contribution >= 0.6 is 0 Å². The van der Waals surface area contributed by atoms with E-state index in [1.165, 1.54) is 0 Å². The van der Waals surface area contributed by atoms with Gasteiger partial charge in [0.2, 0.25) is 0 Å². The first-order valence-electron chi connectivity index (χ1n) is 7.80. The van der Waals surface area contributed by atoms with E-state index in [1.807, 2.05) is 30.3 Å². The summed E-state index contributed by atoms with van der Waals surface area (Å²) in [7, 11) is 0. The van der Waals surface area contributed by atoms with Gasteiger partial charge in [0.05, 0.1) is 25.9 Å². The highest BCUT2D eigenvalue weighted by molar-refractivity contribution is 5.92. The Balaban J connectivity index is 1.79. The molecule has 0 spiro atoms. The van der Waals surface area contributed by atoms with Gasteiger partial charge < -0.3 is 15.2 Å². The summed E-state index contributed by atoms with van der Waals surface area (Å²) in [6, 6.07) is 11.0. The average Bonchev–Trinajstić information content (AvgIpc) is 3.04. The summed E-state index contributed by atoms with van der Waals surface area (Å²) in [5.74, 6) is -0.314. The number of aromatic amines is 1. The van der Waals surface area contributed by atoms with Crippen LogP contribution in [0.3, 0.4) is 0 Å². The molecule has 6 heteroatoms. The van der Waals surface area contributed by atoms with E-state index in [1.54, 1.807) is 6.07 Å². The fraction of sp³-hybridized carbons (Fsp3) is 0.412. The molecule has 1 atom stereocenters. The van der Waals surface area contributed by atoms with Gasteiger partial charge in [-0.25, -0.2) is 0 Å². The number of rotatable bonds is 9. The van der Waals surface area contributed by atoms with Gasteiger partial charge in [-0.05, 0) is 18.1 Å². The van der Waals surface area contributed by atoms with Crippen molar-refractivity contribution in [2.45, 2.75) is 32.4 Å². The lowest BCUT2D eigenvalue weighted by molar-refractivity contribution is 0.0672. The Morgan fingerprint density at radius 3 is 2.87 bits per heavy atom. The molecule has 3 N–H and O–H groups in total. The lowest BCUT2D eigenvalue weighted by Gasteiger charge is -2.15. The average molecular weight is 317 g/mol. The molecule has 1 aromatic heterocycles. The van der Waals surface area contributed by atoms with Gasteiger partial charge in [0.15, 0.2) is 0 Å². The smallest absolute Gasteiger partial charge is 0.272 e. The first-order chi connectivity index (χ1) is 11.2. The van der Waals surface area contributed by atoms with Crippen LogP contribution in [0, 0.1) is 0 Å². The minimum absolute atomic E-state index is 0.188. The van der Waals surface area contributed by atoms with Crippen molar-refractivity contribution < 1.29 is 14.6 Å². The largest absolute Gasteiger partial charge is 0.394 e. The Hall–Kier alpha value is -2.18. The van der Waals surface area contributed by atoms with Crippen molar-refractivity contribution in [3.8, 4) is 0 Å². The summed E-state index contributed by atoms with van der Waals surface area (Å²) in [6.45, 7) is 2.55. The van der Waals surface area contributed by atoms with Gasteiger partial charge in [0.25, 0.3) is 5.91 Å². The van der Waals surface area contributed by atoms with Crippen molar-refractivity contribution in [2.24, 2.45) is 0 Å². The highest BCUT2D eigenvalue weighted by atomic mass is 16.5. The molecule has 1 unspecified atom stereocenters. The van der Waals surface area contributed by atoms with E-state index < -0.39 is 6.04 Å². The Kier molecular flexibility index (Phi) is 6.77. The first kappa shape index (κ1) is 17.2. The molecule has 0 radical (unpaired) electrons. The molecule has 0 saturated heterocycles. The van der Waals surface area contributed by atoms with Crippen LogP contribution in [0.5, 0.6) is 0 Å². The molecule has 0 fully saturated rings. The number of aromatic nitrogens is 2. The molecule has 0 aliphatic heterocycles. The minimum Gasteiger partial charge on any atom is -0.394 e. The maximum atomic E-state index is 12.1. The van der Waals surface area contributed by atoms with Crippen LogP contribution in [0.4, 0.5) is 0 Å². The van der Waals surface area contributed by atoms with Gasteiger partial charge in [0, 0.05) is 5.69 Å². The molecular weight excluding hydrogens is 294 g/mol. The Bertz CT molecular complexity index is 598. The second-order valence-electron chi connectivity index (χ2n) is 5.38. The molecule has 1 heterocycles. The van der Waals surface area contributed by atoms with Crippen LogP contribution in [0.2, 0.25) is 0 Å². The van der Waals surface area contributed by atoms with E-state index in [2.05, 4.69) is 22.4 Å². The Morgan fingerprint density at radius 1 is 1.39 bits per heavy atom. The van der Waals surface area contributed by atoms with E-state index in [4.69, 9.17) is 4.74 Å². The second kappa shape index (κ2) is 9.07. The quantitative estimate of drug-likeness (QED) is 0.656. The molecule has 124 valence electrons. The summed E-state index contributed by atoms with van der Waals surface area (Å²) >= 11 is 0. The van der Waals surface area contributed by atoms with Gasteiger partial charge in [-0.3, -0.25) is 9.89 Å². The number of aryl methyl sites for hydroxylation is 1. The molecule has 2 aromatic rings. The molecule has 23 heavy (non-hydrogen) atoms. The maximum Gasteiger partial charge on any atom is 0.272 e. The van der Waals surface area contributed by atoms with Crippen molar-refractivity contribution >= 4 is 5.91 Å². The highest BCUT2D eigenvalue weighted by Crippen LogP contribution is 2.04. The van der Waals surface area contributed by atoms with Gasteiger partial charge >= 0.3 is 0 Å². The Labute approximate surface area is 135 Å². The summed E-state index contributed by atoms with van der Waals surface area (Å²) in [6.07, 6.45) is 1.83. The molecule has 0 aliphatic rings. The third kappa shape index (κ3) is 5.50. The predicted octanol–water partition coefficient (Wildman–Crippen LogP) is 1.67. The number of benzene rings is 1. The van der Waals surface area contributed by atoms with E-state index >= 15 is 0 Å². The number of hydrogen-bond acceptors (Lipinski definition) is 4. The summed E-state index contributed by atoms with van der Waals surface area (Å²) in [5, 5.41) is 18.9. The third-order valence-electron chi connectivity index (χ3n) is 3.37. The Morgan fingerprint density at radius 2 is 2.17 bits per heavy atom. The van der Waals surface area contributed by atoms with Gasteiger partial charge in [-0.2, -0.15) is 5.10 Å². The van der Waals surface area contributed by atoms with Gasteiger partial charge in [-0.15, -0.1) is 0 Å². The van der Waals surface area contributed by atoms with Crippen molar-refractivity contribution in [3.63, 3.8) is 0 Å². The number of nitrogens with zero attached hydrogens (tertiary/aromatic N) is 1. The summed E-state index contributed by atoms with van der Waals surface area (Å²) in [4.78, 5) is 12.1.